The highest BCUT2D eigenvalue weighted by atomic mass is 79.9. The van der Waals surface area contributed by atoms with Gasteiger partial charge in [0.1, 0.15) is 12.3 Å². The van der Waals surface area contributed by atoms with E-state index >= 15 is 0 Å². The van der Waals surface area contributed by atoms with E-state index in [1.807, 2.05) is 0 Å². The Morgan fingerprint density at radius 3 is 2.75 bits per heavy atom. The van der Waals surface area contributed by atoms with Gasteiger partial charge >= 0.3 is 0 Å². The van der Waals surface area contributed by atoms with Crippen molar-refractivity contribution in [3.05, 3.63) is 52.9 Å². The molecule has 0 radical (unpaired) electrons. The Hall–Kier alpha value is -2.49. The molecule has 0 aromatic carbocycles. The predicted molar refractivity (Wildman–Crippen MR) is 83.9 cm³/mol. The zero-order valence-corrected chi connectivity index (χ0v) is 13.8. The number of halogens is 3. The van der Waals surface area contributed by atoms with Crippen molar-refractivity contribution in [3.8, 4) is 0 Å². The van der Waals surface area contributed by atoms with Crippen LogP contribution in [0.2, 0.25) is 0 Å². The van der Waals surface area contributed by atoms with Crippen LogP contribution in [0.25, 0.3) is 0 Å². The Bertz CT molecular complexity index is 842. The van der Waals surface area contributed by atoms with E-state index in [9.17, 15) is 13.6 Å². The Morgan fingerprint density at radius 1 is 1.25 bits per heavy atom. The fourth-order valence-electron chi connectivity index (χ4n) is 2.03. The summed E-state index contributed by atoms with van der Waals surface area (Å²) in [4.78, 5) is 12.1. The minimum absolute atomic E-state index is 0.109. The van der Waals surface area contributed by atoms with Gasteiger partial charge in [-0.2, -0.15) is 10.2 Å². The molecule has 24 heavy (non-hydrogen) atoms. The van der Waals surface area contributed by atoms with Crippen molar-refractivity contribution in [1.29, 1.82) is 0 Å². The number of rotatable bonds is 6. The molecule has 3 heterocycles. The molecule has 0 aliphatic rings. The number of carbonyl (C=O) groups is 1. The number of amides is 1. The fourth-order valence-corrected chi connectivity index (χ4v) is 2.36. The van der Waals surface area contributed by atoms with Gasteiger partial charge in [0.25, 0.3) is 12.3 Å². The fraction of sp³-hybridized carbons (Fsp3) is 0.214. The normalized spacial score (nSPS) is 11.2. The Labute approximate surface area is 143 Å². The molecule has 10 heteroatoms. The van der Waals surface area contributed by atoms with E-state index in [0.29, 0.717) is 18.0 Å². The third-order valence-corrected chi connectivity index (χ3v) is 3.43. The molecule has 0 aliphatic heterocycles. The minimum Gasteiger partial charge on any atom is -0.454 e. The highest BCUT2D eigenvalue weighted by Gasteiger charge is 2.14. The molecule has 0 fully saturated rings. The number of carbonyl (C=O) groups excluding carboxylic acids is 1. The van der Waals surface area contributed by atoms with Gasteiger partial charge in [-0.15, -0.1) is 0 Å². The van der Waals surface area contributed by atoms with E-state index in [1.165, 1.54) is 18.5 Å². The van der Waals surface area contributed by atoms with Crippen LogP contribution in [0.15, 0.2) is 45.8 Å². The Morgan fingerprint density at radius 2 is 2.04 bits per heavy atom. The van der Waals surface area contributed by atoms with E-state index in [-0.39, 0.29) is 5.76 Å². The molecule has 1 N–H and O–H groups in total. The third kappa shape index (κ3) is 4.07. The summed E-state index contributed by atoms with van der Waals surface area (Å²) in [5, 5.41) is 10.4. The zero-order valence-electron chi connectivity index (χ0n) is 12.2. The van der Waals surface area contributed by atoms with Crippen LogP contribution in [-0.4, -0.2) is 31.9 Å². The van der Waals surface area contributed by atoms with Crippen molar-refractivity contribution in [2.24, 2.45) is 0 Å². The standard InChI is InChI=1S/C14H12BrF2N5O2/c15-9-3-18-21(5-9)7-11-1-2-12(24-11)14(23)20-10-4-19-22(6-10)8-13(16)17/h1-6,13H,7-8H2,(H,20,23). The van der Waals surface area contributed by atoms with Crippen LogP contribution in [0.1, 0.15) is 16.3 Å². The van der Waals surface area contributed by atoms with Crippen LogP contribution in [0.4, 0.5) is 14.5 Å². The van der Waals surface area contributed by atoms with Crippen LogP contribution >= 0.6 is 15.9 Å². The first-order valence-corrected chi connectivity index (χ1v) is 7.67. The van der Waals surface area contributed by atoms with E-state index < -0.39 is 18.9 Å². The van der Waals surface area contributed by atoms with Crippen molar-refractivity contribution in [2.45, 2.75) is 19.5 Å². The van der Waals surface area contributed by atoms with E-state index in [4.69, 9.17) is 4.42 Å². The number of hydrogen-bond donors (Lipinski definition) is 1. The number of anilines is 1. The Balaban J connectivity index is 1.62. The second-order valence-corrected chi connectivity index (χ2v) is 5.83. The Kier molecular flexibility index (Phi) is 4.74. The first-order chi connectivity index (χ1) is 11.5. The van der Waals surface area contributed by atoms with Gasteiger partial charge in [-0.25, -0.2) is 8.78 Å². The van der Waals surface area contributed by atoms with Crippen LogP contribution in [-0.2, 0) is 13.1 Å². The number of nitrogens with one attached hydrogen (secondary N) is 1. The quantitative estimate of drug-likeness (QED) is 0.690. The van der Waals surface area contributed by atoms with Gasteiger partial charge in [0.05, 0.1) is 29.1 Å². The average Bonchev–Trinajstić information content (AvgIpc) is 3.22. The molecule has 0 aliphatic carbocycles. The smallest absolute Gasteiger partial charge is 0.291 e. The summed E-state index contributed by atoms with van der Waals surface area (Å²) in [6.07, 6.45) is 3.54. The lowest BCUT2D eigenvalue weighted by Gasteiger charge is -2.00. The molecule has 1 amide bonds. The monoisotopic (exact) mass is 399 g/mol. The molecule has 126 valence electrons. The number of furan rings is 1. The molecular formula is C14H12BrF2N5O2. The van der Waals surface area contributed by atoms with Crippen LogP contribution < -0.4 is 5.32 Å². The molecule has 0 atom stereocenters. The maximum atomic E-state index is 12.3. The highest BCUT2D eigenvalue weighted by molar-refractivity contribution is 9.10. The SMILES string of the molecule is O=C(Nc1cnn(CC(F)F)c1)c1ccc(Cn2cc(Br)cn2)o1. The number of nitrogens with zero attached hydrogens (tertiary/aromatic N) is 4. The van der Waals surface area contributed by atoms with E-state index in [1.54, 1.807) is 23.1 Å². The van der Waals surface area contributed by atoms with Gasteiger partial charge in [0, 0.05) is 12.4 Å². The van der Waals surface area contributed by atoms with Crippen molar-refractivity contribution >= 4 is 27.5 Å². The van der Waals surface area contributed by atoms with Gasteiger partial charge in [-0.05, 0) is 28.1 Å². The van der Waals surface area contributed by atoms with Gasteiger partial charge in [0.2, 0.25) is 0 Å². The molecule has 0 saturated heterocycles. The summed E-state index contributed by atoms with van der Waals surface area (Å²) in [6, 6.07) is 3.21. The lowest BCUT2D eigenvalue weighted by molar-refractivity contribution is 0.0994. The lowest BCUT2D eigenvalue weighted by atomic mass is 10.4. The predicted octanol–water partition coefficient (Wildman–Crippen LogP) is 3.00. The van der Waals surface area contributed by atoms with Gasteiger partial charge in [-0.1, -0.05) is 0 Å². The maximum absolute atomic E-state index is 12.3. The van der Waals surface area contributed by atoms with Crippen LogP contribution in [0.3, 0.4) is 0 Å². The maximum Gasteiger partial charge on any atom is 0.291 e. The molecule has 0 saturated carbocycles. The first-order valence-electron chi connectivity index (χ1n) is 6.88. The topological polar surface area (TPSA) is 77.9 Å². The number of hydrogen-bond acceptors (Lipinski definition) is 4. The molecular weight excluding hydrogens is 388 g/mol. The summed E-state index contributed by atoms with van der Waals surface area (Å²) >= 11 is 3.29. The molecule has 0 spiro atoms. The van der Waals surface area contributed by atoms with Gasteiger partial charge in [0.15, 0.2) is 5.76 Å². The first kappa shape index (κ1) is 16.4. The van der Waals surface area contributed by atoms with Crippen molar-refractivity contribution in [1.82, 2.24) is 19.6 Å². The number of aromatic nitrogens is 4. The average molecular weight is 400 g/mol. The molecule has 3 aromatic rings. The summed E-state index contributed by atoms with van der Waals surface area (Å²) in [7, 11) is 0. The summed E-state index contributed by atoms with van der Waals surface area (Å²) in [6.45, 7) is -0.147. The third-order valence-electron chi connectivity index (χ3n) is 3.02. The van der Waals surface area contributed by atoms with E-state index in [0.717, 1.165) is 9.15 Å². The van der Waals surface area contributed by atoms with E-state index in [2.05, 4.69) is 31.4 Å². The summed E-state index contributed by atoms with van der Waals surface area (Å²) in [5.74, 6) is 0.182. The van der Waals surface area contributed by atoms with Gasteiger partial charge in [-0.3, -0.25) is 14.2 Å². The highest BCUT2D eigenvalue weighted by Crippen LogP contribution is 2.14. The molecule has 0 unspecified atom stereocenters. The lowest BCUT2D eigenvalue weighted by Crippen LogP contribution is -2.11. The van der Waals surface area contributed by atoms with Crippen LogP contribution in [0, 0.1) is 0 Å². The van der Waals surface area contributed by atoms with Gasteiger partial charge < -0.3 is 9.73 Å². The van der Waals surface area contributed by atoms with Crippen molar-refractivity contribution in [2.75, 3.05) is 5.32 Å². The zero-order chi connectivity index (χ0) is 17.1. The summed E-state index contributed by atoms with van der Waals surface area (Å²) in [5.41, 5.74) is 0.314. The second kappa shape index (κ2) is 6.95. The molecule has 3 rings (SSSR count). The molecule has 0 bridgehead atoms. The molecule has 7 nitrogen and oxygen atoms in total. The number of alkyl halides is 2. The minimum atomic E-state index is -2.51. The van der Waals surface area contributed by atoms with Crippen LogP contribution in [0.5, 0.6) is 0 Å². The summed E-state index contributed by atoms with van der Waals surface area (Å²) < 4.78 is 33.6. The molecule has 3 aromatic heterocycles. The van der Waals surface area contributed by atoms with Crippen molar-refractivity contribution < 1.29 is 18.0 Å². The second-order valence-electron chi connectivity index (χ2n) is 4.92. The largest absolute Gasteiger partial charge is 0.454 e. The van der Waals surface area contributed by atoms with Crippen molar-refractivity contribution in [3.63, 3.8) is 0 Å².